The van der Waals surface area contributed by atoms with Crippen LogP contribution in [0.3, 0.4) is 0 Å². The molecule has 0 aliphatic carbocycles. The molecule has 7 N–H and O–H groups in total. The Morgan fingerprint density at radius 3 is 2.26 bits per heavy atom. The number of aliphatic hydroxyl groups excluding tert-OH is 3. The maximum atomic E-state index is 14.5. The largest absolute Gasteiger partial charge is 0.494 e. The fourth-order valence-electron chi connectivity index (χ4n) is 10.8. The highest BCUT2D eigenvalue weighted by atomic mass is 32.2. The van der Waals surface area contributed by atoms with Gasteiger partial charge in [-0.2, -0.15) is 0 Å². The Balaban J connectivity index is 1.37. The second kappa shape index (κ2) is 24.8. The number of aromatic nitrogens is 3. The molecular weight excluding hydrogens is 957 g/mol. The van der Waals surface area contributed by atoms with Crippen LogP contribution >= 0.6 is 0 Å². The number of ether oxygens (including phenoxy) is 7. The number of nitrogens with two attached hydrogens (primary N) is 1. The third-order valence-electron chi connectivity index (χ3n) is 15.4. The number of methoxy groups -OCH3 is 1. The predicted molar refractivity (Wildman–Crippen MR) is 265 cm³/mol. The molecule has 0 spiro atoms. The Labute approximate surface area is 426 Å². The summed E-state index contributed by atoms with van der Waals surface area (Å²) in [7, 11) is 1.44. The molecule has 412 valence electrons. The first kappa shape index (κ1) is 59.9. The standard InChI is InChI=1S/C50H86N6O15S/c1-14-39-50(10,62)43(58)33(6)55(12)27-29(2)25-48(8,61)45(31(4)42(32(5)46(60)69-39)70-40-26-49(9,65-13)44(59)34(7)68-40)71-47-41(57)38(24-30(3)67-47)54(11)22-20-35-28-56(53-52-35)21-15-23-66-36-16-18-37(19-17-36)72(51,63)64/h16-19,28-34,38-45,47,57-59,61-62H,14-15,20-27H2,1-13H3,(H2,51,63,64)/t29-,30-,31+,32-,33-,34+,38+,39-,40+,41-,42+,43-,44+,45-,47+,48-,49-,50-/m1/s1. The first-order valence-corrected chi connectivity index (χ1v) is 27.0. The zero-order valence-corrected chi connectivity index (χ0v) is 45.5. The number of rotatable bonds is 16. The summed E-state index contributed by atoms with van der Waals surface area (Å²) in [6.07, 6.45) is -6.24. The lowest BCUT2D eigenvalue weighted by atomic mass is 9.77. The van der Waals surface area contributed by atoms with Crippen LogP contribution in [-0.2, 0) is 56.2 Å². The highest BCUT2D eigenvalue weighted by Crippen LogP contribution is 2.40. The number of esters is 1. The van der Waals surface area contributed by atoms with E-state index in [9.17, 15) is 38.7 Å². The van der Waals surface area contributed by atoms with Gasteiger partial charge in [0, 0.05) is 70.2 Å². The molecular formula is C50H86N6O15S. The molecule has 3 saturated heterocycles. The minimum atomic E-state index is -3.79. The molecule has 1 aromatic carbocycles. The van der Waals surface area contributed by atoms with Gasteiger partial charge in [0.15, 0.2) is 12.6 Å². The van der Waals surface area contributed by atoms with Crippen LogP contribution in [-0.4, -0.2) is 196 Å². The number of carbonyl (C=O) groups is 1. The second-order valence-corrected chi connectivity index (χ2v) is 23.2. The lowest BCUT2D eigenvalue weighted by Crippen LogP contribution is -2.61. The first-order valence-electron chi connectivity index (χ1n) is 25.4. The van der Waals surface area contributed by atoms with Gasteiger partial charge in [0.2, 0.25) is 10.0 Å². The summed E-state index contributed by atoms with van der Waals surface area (Å²) in [5.41, 5.74) is -3.82. The lowest BCUT2D eigenvalue weighted by Gasteiger charge is -2.49. The van der Waals surface area contributed by atoms with E-state index in [1.165, 1.54) is 26.2 Å². The Kier molecular flexibility index (Phi) is 20.7. The van der Waals surface area contributed by atoms with Crippen LogP contribution in [0.4, 0.5) is 0 Å². The molecule has 3 fully saturated rings. The van der Waals surface area contributed by atoms with Crippen molar-refractivity contribution in [3.8, 4) is 5.75 Å². The summed E-state index contributed by atoms with van der Waals surface area (Å²) in [5.74, 6) is -2.32. The molecule has 0 amide bonds. The van der Waals surface area contributed by atoms with Crippen LogP contribution in [0, 0.1) is 17.8 Å². The maximum Gasteiger partial charge on any atom is 0.311 e. The van der Waals surface area contributed by atoms with E-state index in [0.717, 1.165) is 5.69 Å². The van der Waals surface area contributed by atoms with Gasteiger partial charge in [-0.1, -0.05) is 26.0 Å². The summed E-state index contributed by atoms with van der Waals surface area (Å²) >= 11 is 0. The van der Waals surface area contributed by atoms with E-state index < -0.39 is 112 Å². The number of nitrogens with zero attached hydrogens (tertiary/aromatic N) is 5. The number of likely N-dealkylation sites (N-methyl/N-ethyl adjacent to an activating group) is 2. The van der Waals surface area contributed by atoms with Crippen molar-refractivity contribution in [1.29, 1.82) is 0 Å². The fraction of sp³-hybridized carbons (Fsp3) is 0.820. The topological polar surface area (TPSA) is 280 Å². The number of hydrogen-bond acceptors (Lipinski definition) is 19. The van der Waals surface area contributed by atoms with Gasteiger partial charge in [-0.3, -0.25) is 9.48 Å². The van der Waals surface area contributed by atoms with E-state index in [1.54, 1.807) is 65.3 Å². The molecule has 5 rings (SSSR count). The van der Waals surface area contributed by atoms with Gasteiger partial charge in [0.1, 0.15) is 35.8 Å². The van der Waals surface area contributed by atoms with Crippen LogP contribution in [0.2, 0.25) is 0 Å². The Morgan fingerprint density at radius 2 is 1.64 bits per heavy atom. The molecule has 72 heavy (non-hydrogen) atoms. The summed E-state index contributed by atoms with van der Waals surface area (Å²) in [5, 5.41) is 73.4. The van der Waals surface area contributed by atoms with Gasteiger partial charge < -0.3 is 68.5 Å². The average molecular weight is 1040 g/mol. The smallest absolute Gasteiger partial charge is 0.311 e. The Morgan fingerprint density at radius 1 is 0.972 bits per heavy atom. The van der Waals surface area contributed by atoms with Gasteiger partial charge in [-0.15, -0.1) is 5.10 Å². The number of primary sulfonamides is 1. The van der Waals surface area contributed by atoms with E-state index in [2.05, 4.69) is 10.3 Å². The van der Waals surface area contributed by atoms with Crippen molar-refractivity contribution in [2.45, 2.75) is 210 Å². The van der Waals surface area contributed by atoms with E-state index in [4.69, 9.17) is 38.3 Å². The monoisotopic (exact) mass is 1040 g/mol. The van der Waals surface area contributed by atoms with Crippen molar-refractivity contribution in [2.24, 2.45) is 22.9 Å². The minimum absolute atomic E-state index is 0.00599. The quantitative estimate of drug-likeness (QED) is 0.104. The number of cyclic esters (lactones) is 1. The Hall–Kier alpha value is -2.94. The molecule has 18 atom stereocenters. The number of aryl methyl sites for hydroxylation is 1. The van der Waals surface area contributed by atoms with Crippen molar-refractivity contribution in [3.05, 3.63) is 36.2 Å². The van der Waals surface area contributed by atoms with Crippen molar-refractivity contribution in [2.75, 3.05) is 40.9 Å². The molecule has 4 heterocycles. The van der Waals surface area contributed by atoms with Crippen LogP contribution < -0.4 is 9.88 Å². The second-order valence-electron chi connectivity index (χ2n) is 21.6. The number of benzene rings is 1. The highest BCUT2D eigenvalue weighted by molar-refractivity contribution is 7.89. The van der Waals surface area contributed by atoms with Crippen LogP contribution in [0.5, 0.6) is 5.75 Å². The van der Waals surface area contributed by atoms with Crippen molar-refractivity contribution in [3.63, 3.8) is 0 Å². The molecule has 21 nitrogen and oxygen atoms in total. The van der Waals surface area contributed by atoms with Crippen LogP contribution in [0.25, 0.3) is 0 Å². The number of sulfonamides is 1. The minimum Gasteiger partial charge on any atom is -0.494 e. The fourth-order valence-corrected chi connectivity index (χ4v) is 11.3. The van der Waals surface area contributed by atoms with Crippen molar-refractivity contribution < 1.29 is 71.9 Å². The summed E-state index contributed by atoms with van der Waals surface area (Å²) in [6, 6.07) is 4.87. The van der Waals surface area contributed by atoms with Gasteiger partial charge in [-0.05, 0) is 112 Å². The third kappa shape index (κ3) is 14.7. The van der Waals surface area contributed by atoms with Gasteiger partial charge in [0.25, 0.3) is 0 Å². The summed E-state index contributed by atoms with van der Waals surface area (Å²) in [6.45, 7) is 19.3. The molecule has 3 aliphatic heterocycles. The van der Waals surface area contributed by atoms with Gasteiger partial charge in [0.05, 0.1) is 58.7 Å². The zero-order chi connectivity index (χ0) is 53.7. The van der Waals surface area contributed by atoms with E-state index in [1.807, 2.05) is 43.9 Å². The normalized spacial score (nSPS) is 39.3. The van der Waals surface area contributed by atoms with Crippen LogP contribution in [0.1, 0.15) is 107 Å². The molecule has 2 aromatic rings. The number of aliphatic hydroxyl groups is 5. The maximum absolute atomic E-state index is 14.5. The number of hydrogen-bond donors (Lipinski definition) is 6. The molecule has 0 saturated carbocycles. The molecule has 1 aromatic heterocycles. The Bertz CT molecular complexity index is 2130. The van der Waals surface area contributed by atoms with Gasteiger partial charge in [-0.25, -0.2) is 13.6 Å². The average Bonchev–Trinajstić information content (AvgIpc) is 3.78. The molecule has 0 unspecified atom stereocenters. The van der Waals surface area contributed by atoms with Crippen LogP contribution in [0.15, 0.2) is 35.4 Å². The number of carbonyl (C=O) groups excluding carboxylic acids is 1. The van der Waals surface area contributed by atoms with Crippen molar-refractivity contribution >= 4 is 16.0 Å². The molecule has 0 radical (unpaired) electrons. The van der Waals surface area contributed by atoms with Crippen molar-refractivity contribution in [1.82, 2.24) is 24.8 Å². The zero-order valence-electron chi connectivity index (χ0n) is 44.7. The molecule has 22 heteroatoms. The van der Waals surface area contributed by atoms with Gasteiger partial charge >= 0.3 is 5.97 Å². The lowest BCUT2D eigenvalue weighted by molar-refractivity contribution is -0.318. The molecule has 3 aliphatic rings. The van der Waals surface area contributed by atoms with E-state index >= 15 is 0 Å². The SMILES string of the molecule is CC[C@H]1OC(=O)[C@H](C)[C@@H](O[C@H]2C[C@@](C)(OC)[C@@H](O)[C@H](C)O2)[C@H](C)[C@@H](O[C@@H]2O[C@H](C)C[C@H](N(C)CCc3cn(CCCOc4ccc(S(N)(=O)=O)cc4)nn3)[C@H]2O)[C@](C)(O)C[C@@H](C)CN(C)[C@H](C)[C@@H](O)[C@]1(C)O. The summed E-state index contributed by atoms with van der Waals surface area (Å²) in [4.78, 5) is 18.4. The molecule has 0 bridgehead atoms. The highest BCUT2D eigenvalue weighted by Gasteiger charge is 2.53. The first-order chi connectivity index (χ1) is 33.5. The summed E-state index contributed by atoms with van der Waals surface area (Å²) < 4.78 is 68.8. The van der Waals surface area contributed by atoms with E-state index in [-0.39, 0.29) is 36.2 Å². The predicted octanol–water partition coefficient (Wildman–Crippen LogP) is 2.22. The third-order valence-corrected chi connectivity index (χ3v) is 16.3. The van der Waals surface area contributed by atoms with E-state index in [0.29, 0.717) is 51.3 Å².